The van der Waals surface area contributed by atoms with Crippen molar-refractivity contribution in [2.45, 2.75) is 25.3 Å². The molecule has 0 bridgehead atoms. The monoisotopic (exact) mass is 385 g/mol. The zero-order valence-corrected chi connectivity index (χ0v) is 15.8. The number of anilines is 1. The number of hydrazone groups is 1. The van der Waals surface area contributed by atoms with Gasteiger partial charge < -0.3 is 4.90 Å². The van der Waals surface area contributed by atoms with E-state index in [1.54, 1.807) is 23.4 Å². The molecular weight excluding hydrogens is 366 g/mol. The van der Waals surface area contributed by atoms with Gasteiger partial charge in [0.1, 0.15) is 23.9 Å². The lowest BCUT2D eigenvalue weighted by Crippen LogP contribution is -2.41. The first-order valence-electron chi connectivity index (χ1n) is 9.52. The van der Waals surface area contributed by atoms with Crippen LogP contribution in [0.15, 0.2) is 41.8 Å². The number of carbonyl (C=O) groups excluding carboxylic acids is 1. The molecular formula is C21H19N7O. The van der Waals surface area contributed by atoms with Crippen molar-refractivity contribution in [3.05, 3.63) is 53.5 Å². The first-order valence-corrected chi connectivity index (χ1v) is 9.52. The minimum Gasteiger partial charge on any atom is -0.356 e. The Morgan fingerprint density at radius 1 is 1.10 bits per heavy atom. The Bertz CT molecular complexity index is 1030. The summed E-state index contributed by atoms with van der Waals surface area (Å²) in [7, 11) is 0. The van der Waals surface area contributed by atoms with E-state index in [2.05, 4.69) is 26.0 Å². The summed E-state index contributed by atoms with van der Waals surface area (Å²) in [6.07, 6.45) is 5.20. The fraction of sp³-hybridized carbons (Fsp3) is 0.333. The van der Waals surface area contributed by atoms with E-state index in [1.165, 1.54) is 6.33 Å². The van der Waals surface area contributed by atoms with Crippen LogP contribution in [0.25, 0.3) is 0 Å². The van der Waals surface area contributed by atoms with Crippen molar-refractivity contribution in [3.8, 4) is 12.1 Å². The Hall–Kier alpha value is -3.78. The molecule has 0 saturated carbocycles. The SMILES string of the molecule is N#Cc1cccc([C@@H]2CC=NN2C(=O)C2CCN(c3cc(C#N)ncn3)CC2)c1. The molecule has 0 radical (unpaired) electrons. The Kier molecular flexibility index (Phi) is 5.17. The second-order valence-electron chi connectivity index (χ2n) is 7.10. The van der Waals surface area contributed by atoms with Gasteiger partial charge in [0.15, 0.2) is 0 Å². The van der Waals surface area contributed by atoms with Crippen molar-refractivity contribution in [2.75, 3.05) is 18.0 Å². The Morgan fingerprint density at radius 3 is 2.69 bits per heavy atom. The summed E-state index contributed by atoms with van der Waals surface area (Å²) >= 11 is 0. The predicted molar refractivity (Wildman–Crippen MR) is 106 cm³/mol. The third-order valence-electron chi connectivity index (χ3n) is 5.39. The van der Waals surface area contributed by atoms with E-state index in [9.17, 15) is 4.79 Å². The van der Waals surface area contributed by atoms with Crippen LogP contribution in [0.5, 0.6) is 0 Å². The highest BCUT2D eigenvalue weighted by Gasteiger charge is 2.35. The van der Waals surface area contributed by atoms with E-state index in [0.29, 0.717) is 49.4 Å². The van der Waals surface area contributed by atoms with Crippen LogP contribution in [-0.2, 0) is 4.79 Å². The largest absolute Gasteiger partial charge is 0.356 e. The summed E-state index contributed by atoms with van der Waals surface area (Å²) in [5.74, 6) is 0.624. The number of nitrogens with zero attached hydrogens (tertiary/aromatic N) is 7. The van der Waals surface area contributed by atoms with Crippen molar-refractivity contribution in [1.29, 1.82) is 10.5 Å². The third kappa shape index (κ3) is 3.78. The van der Waals surface area contributed by atoms with E-state index in [0.717, 1.165) is 5.56 Å². The first-order chi connectivity index (χ1) is 14.2. The standard InChI is InChI=1S/C21H19N7O/c22-12-15-2-1-3-17(10-15)19-4-7-26-28(19)21(29)16-5-8-27(9-6-16)20-11-18(13-23)24-14-25-20/h1-3,7,10-11,14,16,19H,4-6,8-9H2/t19-/m0/s1. The maximum Gasteiger partial charge on any atom is 0.246 e. The second-order valence-corrected chi connectivity index (χ2v) is 7.10. The molecule has 0 N–H and O–H groups in total. The molecule has 2 aliphatic rings. The highest BCUT2D eigenvalue weighted by molar-refractivity contribution is 5.82. The van der Waals surface area contributed by atoms with Crippen LogP contribution in [0.2, 0.25) is 0 Å². The van der Waals surface area contributed by atoms with Crippen LogP contribution in [0, 0.1) is 28.6 Å². The van der Waals surface area contributed by atoms with E-state index < -0.39 is 0 Å². The summed E-state index contributed by atoms with van der Waals surface area (Å²) in [6.45, 7) is 1.37. The summed E-state index contributed by atoms with van der Waals surface area (Å²) in [4.78, 5) is 23.4. The average molecular weight is 385 g/mol. The van der Waals surface area contributed by atoms with Crippen molar-refractivity contribution in [2.24, 2.45) is 11.0 Å². The number of rotatable bonds is 3. The molecule has 1 saturated heterocycles. The Morgan fingerprint density at radius 2 is 1.93 bits per heavy atom. The van der Waals surface area contributed by atoms with Gasteiger partial charge in [-0.2, -0.15) is 15.6 Å². The molecule has 1 aromatic carbocycles. The van der Waals surface area contributed by atoms with Crippen molar-refractivity contribution < 1.29 is 4.79 Å². The zero-order valence-electron chi connectivity index (χ0n) is 15.8. The molecule has 3 heterocycles. The number of benzene rings is 1. The summed E-state index contributed by atoms with van der Waals surface area (Å²) < 4.78 is 0. The molecule has 1 atom stereocenters. The summed E-state index contributed by atoms with van der Waals surface area (Å²) in [5, 5.41) is 24.1. The molecule has 0 spiro atoms. The Labute approximate surface area is 168 Å². The number of carbonyl (C=O) groups is 1. The maximum atomic E-state index is 13.1. The van der Waals surface area contributed by atoms with E-state index >= 15 is 0 Å². The predicted octanol–water partition coefficient (Wildman–Crippen LogP) is 2.40. The van der Waals surface area contributed by atoms with E-state index in [4.69, 9.17) is 10.5 Å². The summed E-state index contributed by atoms with van der Waals surface area (Å²) in [6, 6.07) is 13.0. The van der Waals surface area contributed by atoms with Crippen molar-refractivity contribution >= 4 is 17.9 Å². The molecule has 8 nitrogen and oxygen atoms in total. The van der Waals surface area contributed by atoms with Gasteiger partial charge in [-0.05, 0) is 30.5 Å². The van der Waals surface area contributed by atoms with Crippen LogP contribution < -0.4 is 4.90 Å². The molecule has 1 aromatic heterocycles. The van der Waals surface area contributed by atoms with Crippen LogP contribution in [0.4, 0.5) is 5.82 Å². The van der Waals surface area contributed by atoms with Gasteiger partial charge in [0.05, 0.1) is 17.7 Å². The topological polar surface area (TPSA) is 109 Å². The van der Waals surface area contributed by atoms with Crippen LogP contribution in [0.3, 0.4) is 0 Å². The molecule has 0 unspecified atom stereocenters. The molecule has 2 aliphatic heterocycles. The number of piperidine rings is 1. The van der Waals surface area contributed by atoms with Crippen LogP contribution in [0.1, 0.15) is 42.1 Å². The lowest BCUT2D eigenvalue weighted by molar-refractivity contribution is -0.138. The smallest absolute Gasteiger partial charge is 0.246 e. The van der Waals surface area contributed by atoms with Gasteiger partial charge >= 0.3 is 0 Å². The number of aromatic nitrogens is 2. The van der Waals surface area contributed by atoms with Gasteiger partial charge in [0.2, 0.25) is 5.91 Å². The van der Waals surface area contributed by atoms with Crippen molar-refractivity contribution in [3.63, 3.8) is 0 Å². The van der Waals surface area contributed by atoms with Gasteiger partial charge in [-0.3, -0.25) is 4.79 Å². The third-order valence-corrected chi connectivity index (χ3v) is 5.39. The highest BCUT2D eigenvalue weighted by Crippen LogP contribution is 2.32. The highest BCUT2D eigenvalue weighted by atomic mass is 16.2. The normalized spacial score (nSPS) is 19.0. The second kappa shape index (κ2) is 8.07. The minimum atomic E-state index is -0.158. The lowest BCUT2D eigenvalue weighted by atomic mass is 9.94. The van der Waals surface area contributed by atoms with Gasteiger partial charge in [0.25, 0.3) is 0 Å². The van der Waals surface area contributed by atoms with Gasteiger partial charge in [0, 0.05) is 37.7 Å². The van der Waals surface area contributed by atoms with Crippen LogP contribution >= 0.6 is 0 Å². The lowest BCUT2D eigenvalue weighted by Gasteiger charge is -2.34. The fourth-order valence-corrected chi connectivity index (χ4v) is 3.84. The number of amides is 1. The van der Waals surface area contributed by atoms with Crippen molar-refractivity contribution in [1.82, 2.24) is 15.0 Å². The first kappa shape index (κ1) is 18.6. The number of hydrogen-bond acceptors (Lipinski definition) is 7. The van der Waals surface area contributed by atoms with Gasteiger partial charge in [-0.15, -0.1) is 0 Å². The maximum absolute atomic E-state index is 13.1. The molecule has 144 valence electrons. The van der Waals surface area contributed by atoms with E-state index in [1.807, 2.05) is 24.3 Å². The average Bonchev–Trinajstić information content (AvgIpc) is 3.29. The molecule has 8 heteroatoms. The van der Waals surface area contributed by atoms with Gasteiger partial charge in [-0.1, -0.05) is 12.1 Å². The molecule has 4 rings (SSSR count). The fourth-order valence-electron chi connectivity index (χ4n) is 3.84. The number of hydrogen-bond donors (Lipinski definition) is 0. The molecule has 2 aromatic rings. The molecule has 29 heavy (non-hydrogen) atoms. The number of nitriles is 2. The molecule has 1 fully saturated rings. The van der Waals surface area contributed by atoms with Gasteiger partial charge in [-0.25, -0.2) is 15.0 Å². The Balaban J connectivity index is 1.43. The van der Waals surface area contributed by atoms with Crippen LogP contribution in [-0.4, -0.2) is 40.2 Å². The quantitative estimate of drug-likeness (QED) is 0.802. The summed E-state index contributed by atoms with van der Waals surface area (Å²) in [5.41, 5.74) is 1.84. The van der Waals surface area contributed by atoms with E-state index in [-0.39, 0.29) is 17.9 Å². The zero-order chi connectivity index (χ0) is 20.2. The molecule has 0 aliphatic carbocycles. The molecule has 1 amide bonds. The minimum absolute atomic E-state index is 0.0196.